The van der Waals surface area contributed by atoms with Crippen molar-refractivity contribution in [1.29, 1.82) is 0 Å². The number of hydrogen-bond acceptors (Lipinski definition) is 6. The molecule has 6 aromatic rings. The van der Waals surface area contributed by atoms with E-state index < -0.39 is 17.7 Å². The number of hydrogen-bond donors (Lipinski definition) is 1. The van der Waals surface area contributed by atoms with E-state index in [-0.39, 0.29) is 0 Å². The van der Waals surface area contributed by atoms with Gasteiger partial charge in [-0.15, -0.1) is 0 Å². The summed E-state index contributed by atoms with van der Waals surface area (Å²) in [6.45, 7) is 8.11. The number of aromatic nitrogens is 4. The number of pyridine rings is 3. The molecule has 0 bridgehead atoms. The Bertz CT molecular complexity index is 2050. The van der Waals surface area contributed by atoms with Crippen LogP contribution in [-0.2, 0) is 16.0 Å². The highest BCUT2D eigenvalue weighted by Gasteiger charge is 2.33. The summed E-state index contributed by atoms with van der Waals surface area (Å²) in [4.78, 5) is 22.0. The molecule has 1 atom stereocenters. The van der Waals surface area contributed by atoms with E-state index >= 15 is 0 Å². The highest BCUT2D eigenvalue weighted by molar-refractivity contribution is 6.04. The second-order valence-electron chi connectivity index (χ2n) is 12.1. The zero-order valence-corrected chi connectivity index (χ0v) is 25.0. The molecule has 8 nitrogen and oxygen atoms in total. The lowest BCUT2D eigenvalue weighted by Gasteiger charge is -2.28. The summed E-state index contributed by atoms with van der Waals surface area (Å²) in [6, 6.07) is 20.1. The van der Waals surface area contributed by atoms with Gasteiger partial charge in [0.15, 0.2) is 6.10 Å². The van der Waals surface area contributed by atoms with Gasteiger partial charge in [0.05, 0.1) is 28.9 Å². The van der Waals surface area contributed by atoms with Crippen molar-refractivity contribution in [2.24, 2.45) is 0 Å². The van der Waals surface area contributed by atoms with Crippen molar-refractivity contribution in [3.05, 3.63) is 102 Å². The van der Waals surface area contributed by atoms with E-state index in [2.05, 4.69) is 11.1 Å². The topological polar surface area (TPSA) is 98.8 Å². The molecule has 0 saturated heterocycles. The summed E-state index contributed by atoms with van der Waals surface area (Å²) in [5.41, 5.74) is 8.57. The normalized spacial score (nSPS) is 13.6. The van der Waals surface area contributed by atoms with Crippen molar-refractivity contribution < 1.29 is 19.4 Å². The molecule has 0 fully saturated rings. The number of carbonyl (C=O) groups is 1. The summed E-state index contributed by atoms with van der Waals surface area (Å²) in [5, 5.41) is 16.5. The van der Waals surface area contributed by atoms with E-state index in [0.717, 1.165) is 73.2 Å². The van der Waals surface area contributed by atoms with Crippen LogP contribution < -0.4 is 4.74 Å². The third-order valence-electron chi connectivity index (χ3n) is 7.95. The standard InChI is InChI=1S/C36H32N4O4/c1-21-20-40-28(18-27(39-40)24-8-5-7-23(17-24)25-9-6-14-37-19-25)32(30(21)34(35(41)42)44-36(2,3)4)26-10-11-29-31-22(13-16-43-29)12-15-38-33(26)31/h5-12,14-15,17-20,34H,13,16H2,1-4H3,(H,41,42)/t34-/m0/s1. The van der Waals surface area contributed by atoms with E-state index in [1.54, 1.807) is 6.20 Å². The first-order valence-electron chi connectivity index (χ1n) is 14.7. The minimum Gasteiger partial charge on any atom is -0.493 e. The Labute approximate surface area is 254 Å². The molecule has 0 amide bonds. The number of carboxylic acid groups (broad SMARTS) is 1. The second-order valence-corrected chi connectivity index (χ2v) is 12.1. The van der Waals surface area contributed by atoms with Crippen LogP contribution in [0.5, 0.6) is 5.75 Å². The summed E-state index contributed by atoms with van der Waals surface area (Å²) in [5.74, 6) is -0.276. The van der Waals surface area contributed by atoms with Crippen LogP contribution in [0.15, 0.2) is 85.5 Å². The fourth-order valence-corrected chi connectivity index (χ4v) is 6.11. The van der Waals surface area contributed by atoms with E-state index in [4.69, 9.17) is 19.6 Å². The van der Waals surface area contributed by atoms with Crippen LogP contribution in [0.4, 0.5) is 0 Å². The Morgan fingerprint density at radius 2 is 1.84 bits per heavy atom. The maximum Gasteiger partial charge on any atom is 0.337 e. The molecule has 1 aliphatic heterocycles. The second kappa shape index (κ2) is 10.6. The minimum atomic E-state index is -1.22. The van der Waals surface area contributed by atoms with Crippen LogP contribution in [0.2, 0.25) is 0 Å². The van der Waals surface area contributed by atoms with E-state index in [1.807, 2.05) is 105 Å². The Balaban J connectivity index is 1.52. The molecule has 220 valence electrons. The monoisotopic (exact) mass is 584 g/mol. The maximum atomic E-state index is 12.9. The number of benzene rings is 2. The van der Waals surface area contributed by atoms with Gasteiger partial charge in [-0.05, 0) is 80.8 Å². The highest BCUT2D eigenvalue weighted by Crippen LogP contribution is 2.44. The largest absolute Gasteiger partial charge is 0.493 e. The summed E-state index contributed by atoms with van der Waals surface area (Å²) < 4.78 is 14.1. The Morgan fingerprint density at radius 3 is 2.61 bits per heavy atom. The van der Waals surface area contributed by atoms with Crippen molar-refractivity contribution in [1.82, 2.24) is 19.6 Å². The molecule has 0 aliphatic carbocycles. The first kappa shape index (κ1) is 27.7. The van der Waals surface area contributed by atoms with Crippen LogP contribution in [0.25, 0.3) is 49.9 Å². The summed E-state index contributed by atoms with van der Waals surface area (Å²) in [7, 11) is 0. The molecule has 1 N–H and O–H groups in total. The van der Waals surface area contributed by atoms with Gasteiger partial charge in [-0.2, -0.15) is 5.10 Å². The number of carboxylic acids is 1. The number of ether oxygens (including phenoxy) is 2. The van der Waals surface area contributed by atoms with Gasteiger partial charge in [0, 0.05) is 64.4 Å². The first-order chi connectivity index (χ1) is 21.2. The third-order valence-corrected chi connectivity index (χ3v) is 7.95. The molecule has 0 radical (unpaired) electrons. The lowest BCUT2D eigenvalue weighted by atomic mass is 9.89. The molecule has 0 spiro atoms. The minimum absolute atomic E-state index is 0.578. The summed E-state index contributed by atoms with van der Waals surface area (Å²) in [6.07, 6.45) is 6.85. The van der Waals surface area contributed by atoms with Gasteiger partial charge >= 0.3 is 5.97 Å². The molecule has 4 aromatic heterocycles. The van der Waals surface area contributed by atoms with Crippen molar-refractivity contribution in [2.75, 3.05) is 6.61 Å². The molecule has 5 heterocycles. The molecule has 44 heavy (non-hydrogen) atoms. The van der Waals surface area contributed by atoms with Gasteiger partial charge in [-0.3, -0.25) is 9.97 Å². The maximum absolute atomic E-state index is 12.9. The SMILES string of the molecule is Cc1cn2nc(-c3cccc(-c4cccnc4)c3)cc2c(-c2ccc3c4c(ccnc24)CCO3)c1[C@H](OC(C)(C)C)C(=O)O. The quantitative estimate of drug-likeness (QED) is 0.217. The number of aryl methyl sites for hydroxylation is 1. The van der Waals surface area contributed by atoms with Crippen LogP contribution in [0.3, 0.4) is 0 Å². The zero-order chi connectivity index (χ0) is 30.6. The van der Waals surface area contributed by atoms with Crippen LogP contribution >= 0.6 is 0 Å². The predicted octanol–water partition coefficient (Wildman–Crippen LogP) is 7.46. The molecular formula is C36H32N4O4. The average Bonchev–Trinajstić information content (AvgIpc) is 3.44. The lowest BCUT2D eigenvalue weighted by molar-refractivity contribution is -0.160. The number of rotatable bonds is 6. The molecule has 0 saturated carbocycles. The molecule has 1 aliphatic rings. The molecule has 7 rings (SSSR count). The lowest BCUT2D eigenvalue weighted by Crippen LogP contribution is -2.28. The van der Waals surface area contributed by atoms with Gasteiger partial charge in [-0.25, -0.2) is 9.31 Å². The fraction of sp³-hybridized carbons (Fsp3) is 0.222. The Morgan fingerprint density at radius 1 is 1.02 bits per heavy atom. The number of nitrogens with zero attached hydrogens (tertiary/aromatic N) is 4. The van der Waals surface area contributed by atoms with Crippen molar-refractivity contribution in [3.63, 3.8) is 0 Å². The van der Waals surface area contributed by atoms with Crippen molar-refractivity contribution in [2.45, 2.75) is 45.8 Å². The predicted molar refractivity (Wildman–Crippen MR) is 170 cm³/mol. The van der Waals surface area contributed by atoms with Gasteiger partial charge in [0.1, 0.15) is 5.75 Å². The highest BCUT2D eigenvalue weighted by atomic mass is 16.5. The van der Waals surface area contributed by atoms with Crippen LogP contribution in [-0.4, -0.2) is 42.9 Å². The third kappa shape index (κ3) is 4.87. The van der Waals surface area contributed by atoms with Gasteiger partial charge in [0.2, 0.25) is 0 Å². The summed E-state index contributed by atoms with van der Waals surface area (Å²) >= 11 is 0. The molecule has 8 heteroatoms. The van der Waals surface area contributed by atoms with Gasteiger partial charge in [-0.1, -0.05) is 24.3 Å². The van der Waals surface area contributed by atoms with E-state index in [9.17, 15) is 9.90 Å². The van der Waals surface area contributed by atoms with E-state index in [0.29, 0.717) is 12.2 Å². The van der Waals surface area contributed by atoms with Crippen LogP contribution in [0.1, 0.15) is 43.6 Å². The van der Waals surface area contributed by atoms with Gasteiger partial charge < -0.3 is 14.6 Å². The average molecular weight is 585 g/mol. The Hall–Kier alpha value is -5.08. The number of aliphatic carboxylic acids is 1. The van der Waals surface area contributed by atoms with Crippen LogP contribution in [0, 0.1) is 6.92 Å². The van der Waals surface area contributed by atoms with Gasteiger partial charge in [0.25, 0.3) is 0 Å². The Kier molecular flexibility index (Phi) is 6.66. The molecule has 0 unspecified atom stereocenters. The number of fused-ring (bicyclic) bond motifs is 1. The molecule has 2 aromatic carbocycles. The van der Waals surface area contributed by atoms with E-state index in [1.165, 1.54) is 0 Å². The first-order valence-corrected chi connectivity index (χ1v) is 14.7. The molecular weight excluding hydrogens is 552 g/mol. The van der Waals surface area contributed by atoms with Crippen molar-refractivity contribution >= 4 is 22.4 Å². The smallest absolute Gasteiger partial charge is 0.337 e. The van der Waals surface area contributed by atoms with Crippen molar-refractivity contribution in [3.8, 4) is 39.3 Å². The zero-order valence-electron chi connectivity index (χ0n) is 25.0. The fourth-order valence-electron chi connectivity index (χ4n) is 6.11.